The van der Waals surface area contributed by atoms with E-state index in [0.717, 1.165) is 28.6 Å². The quantitative estimate of drug-likeness (QED) is 0.508. The van der Waals surface area contributed by atoms with Crippen molar-refractivity contribution >= 4 is 21.5 Å². The van der Waals surface area contributed by atoms with Gasteiger partial charge in [-0.25, -0.2) is 0 Å². The molecule has 20 heavy (non-hydrogen) atoms. The summed E-state index contributed by atoms with van der Waals surface area (Å²) in [6, 6.07) is 13.7. The molecule has 0 N–H and O–H groups in total. The first-order chi connectivity index (χ1) is 9.49. The van der Waals surface area contributed by atoms with Crippen molar-refractivity contribution in [1.29, 1.82) is 0 Å². The van der Waals surface area contributed by atoms with Crippen LogP contribution in [0.25, 0.3) is 21.5 Å². The van der Waals surface area contributed by atoms with Crippen LogP contribution in [-0.4, -0.2) is 0 Å². The van der Waals surface area contributed by atoms with Crippen molar-refractivity contribution < 1.29 is 13.2 Å². The zero-order valence-electron chi connectivity index (χ0n) is 11.0. The Morgan fingerprint density at radius 1 is 0.800 bits per heavy atom. The van der Waals surface area contributed by atoms with E-state index in [1.807, 2.05) is 18.2 Å². The highest BCUT2D eigenvalue weighted by Crippen LogP contribution is 2.33. The molecule has 0 radical (unpaired) electrons. The van der Waals surface area contributed by atoms with E-state index in [0.29, 0.717) is 5.39 Å². The molecule has 3 aromatic rings. The standard InChI is InChI=1S/C17H13F3/c1-2-11-3-7-15-12(9-11)4-5-13-10-14(17(18,19)20)6-8-16(13)15/h3-10H,2H2,1H3. The van der Waals surface area contributed by atoms with Crippen LogP contribution in [0, 0.1) is 0 Å². The predicted octanol–water partition coefficient (Wildman–Crippen LogP) is 5.57. The van der Waals surface area contributed by atoms with Gasteiger partial charge in [-0.1, -0.05) is 43.3 Å². The first-order valence-electron chi connectivity index (χ1n) is 6.51. The number of fused-ring (bicyclic) bond motifs is 3. The van der Waals surface area contributed by atoms with Gasteiger partial charge in [-0.15, -0.1) is 0 Å². The molecule has 0 fully saturated rings. The maximum atomic E-state index is 12.7. The Bertz CT molecular complexity index is 785. The lowest BCUT2D eigenvalue weighted by Crippen LogP contribution is -2.04. The van der Waals surface area contributed by atoms with Crippen LogP contribution in [0.5, 0.6) is 0 Å². The smallest absolute Gasteiger partial charge is 0.166 e. The Kier molecular flexibility index (Phi) is 2.93. The van der Waals surface area contributed by atoms with Gasteiger partial charge in [-0.05, 0) is 45.7 Å². The lowest BCUT2D eigenvalue weighted by atomic mass is 9.98. The lowest BCUT2D eigenvalue weighted by molar-refractivity contribution is -0.137. The molecule has 0 aliphatic carbocycles. The number of hydrogen-bond acceptors (Lipinski definition) is 0. The van der Waals surface area contributed by atoms with Gasteiger partial charge in [0.1, 0.15) is 0 Å². The molecule has 0 atom stereocenters. The third-order valence-electron chi connectivity index (χ3n) is 3.64. The van der Waals surface area contributed by atoms with Crippen molar-refractivity contribution in [3.63, 3.8) is 0 Å². The van der Waals surface area contributed by atoms with Gasteiger partial charge in [0.2, 0.25) is 0 Å². The molecule has 0 aliphatic rings. The molecule has 0 aromatic heterocycles. The average molecular weight is 274 g/mol. The summed E-state index contributed by atoms with van der Waals surface area (Å²) >= 11 is 0. The third-order valence-corrected chi connectivity index (χ3v) is 3.64. The maximum absolute atomic E-state index is 12.7. The van der Waals surface area contributed by atoms with Gasteiger partial charge in [-0.2, -0.15) is 13.2 Å². The summed E-state index contributed by atoms with van der Waals surface area (Å²) in [4.78, 5) is 0. The molecule has 0 aliphatic heterocycles. The fraction of sp³-hybridized carbons (Fsp3) is 0.176. The molecule has 0 bridgehead atoms. The van der Waals surface area contributed by atoms with E-state index in [1.165, 1.54) is 11.6 Å². The Labute approximate surface area is 114 Å². The van der Waals surface area contributed by atoms with E-state index < -0.39 is 11.7 Å². The highest BCUT2D eigenvalue weighted by Gasteiger charge is 2.30. The number of benzene rings is 3. The van der Waals surface area contributed by atoms with Crippen LogP contribution in [0.2, 0.25) is 0 Å². The monoisotopic (exact) mass is 274 g/mol. The molecule has 0 spiro atoms. The summed E-state index contributed by atoms with van der Waals surface area (Å²) in [5, 5.41) is 3.54. The Balaban J connectivity index is 2.27. The molecule has 3 rings (SSSR count). The van der Waals surface area contributed by atoms with Crippen molar-refractivity contribution in [3.8, 4) is 0 Å². The van der Waals surface area contributed by atoms with Gasteiger partial charge in [0.15, 0.2) is 0 Å². The van der Waals surface area contributed by atoms with E-state index in [9.17, 15) is 13.2 Å². The fourth-order valence-corrected chi connectivity index (χ4v) is 2.52. The molecule has 102 valence electrons. The van der Waals surface area contributed by atoms with E-state index in [1.54, 1.807) is 12.1 Å². The Morgan fingerprint density at radius 3 is 2.00 bits per heavy atom. The summed E-state index contributed by atoms with van der Waals surface area (Å²) in [7, 11) is 0. The summed E-state index contributed by atoms with van der Waals surface area (Å²) < 4.78 is 38.2. The summed E-state index contributed by atoms with van der Waals surface area (Å²) in [6.07, 6.45) is -3.35. The number of halogens is 3. The number of rotatable bonds is 1. The van der Waals surface area contributed by atoms with Crippen LogP contribution in [0.15, 0.2) is 48.5 Å². The second-order valence-corrected chi connectivity index (χ2v) is 4.91. The Hall–Kier alpha value is -2.03. The predicted molar refractivity (Wildman–Crippen MR) is 75.8 cm³/mol. The molecular formula is C17H13F3. The zero-order chi connectivity index (χ0) is 14.3. The summed E-state index contributed by atoms with van der Waals surface area (Å²) in [5.41, 5.74) is 0.623. The largest absolute Gasteiger partial charge is 0.416 e. The third kappa shape index (κ3) is 2.13. The molecule has 0 heterocycles. The molecule has 0 unspecified atom stereocenters. The molecule has 0 amide bonds. The van der Waals surface area contributed by atoms with Crippen molar-refractivity contribution in [3.05, 3.63) is 59.7 Å². The minimum absolute atomic E-state index is 0.602. The highest BCUT2D eigenvalue weighted by molar-refractivity contribution is 6.07. The second-order valence-electron chi connectivity index (χ2n) is 4.91. The van der Waals surface area contributed by atoms with Gasteiger partial charge in [0, 0.05) is 0 Å². The van der Waals surface area contributed by atoms with Gasteiger partial charge in [-0.3, -0.25) is 0 Å². The van der Waals surface area contributed by atoms with E-state index in [-0.39, 0.29) is 0 Å². The van der Waals surface area contributed by atoms with Gasteiger partial charge >= 0.3 is 6.18 Å². The van der Waals surface area contributed by atoms with Gasteiger partial charge < -0.3 is 0 Å². The first kappa shape index (κ1) is 13.0. The normalized spacial score (nSPS) is 12.2. The van der Waals surface area contributed by atoms with Crippen molar-refractivity contribution in [2.45, 2.75) is 19.5 Å². The van der Waals surface area contributed by atoms with E-state index in [2.05, 4.69) is 13.0 Å². The van der Waals surface area contributed by atoms with Crippen LogP contribution in [0.1, 0.15) is 18.1 Å². The molecule has 3 aromatic carbocycles. The number of alkyl halides is 3. The van der Waals surface area contributed by atoms with Crippen LogP contribution in [-0.2, 0) is 12.6 Å². The number of aryl methyl sites for hydroxylation is 1. The average Bonchev–Trinajstić information content (AvgIpc) is 2.44. The van der Waals surface area contributed by atoms with Crippen LogP contribution in [0.3, 0.4) is 0 Å². The van der Waals surface area contributed by atoms with Crippen LogP contribution >= 0.6 is 0 Å². The highest BCUT2D eigenvalue weighted by atomic mass is 19.4. The second kappa shape index (κ2) is 4.51. The molecule has 0 nitrogen and oxygen atoms in total. The molecule has 3 heteroatoms. The minimum atomic E-state index is -4.30. The lowest BCUT2D eigenvalue weighted by Gasteiger charge is -2.10. The van der Waals surface area contributed by atoms with Gasteiger partial charge in [0.25, 0.3) is 0 Å². The minimum Gasteiger partial charge on any atom is -0.166 e. The van der Waals surface area contributed by atoms with Crippen LogP contribution in [0.4, 0.5) is 13.2 Å². The topological polar surface area (TPSA) is 0 Å². The molecule has 0 saturated carbocycles. The van der Waals surface area contributed by atoms with Crippen molar-refractivity contribution in [2.24, 2.45) is 0 Å². The first-order valence-corrected chi connectivity index (χ1v) is 6.51. The fourth-order valence-electron chi connectivity index (χ4n) is 2.52. The van der Waals surface area contributed by atoms with E-state index in [4.69, 9.17) is 0 Å². The maximum Gasteiger partial charge on any atom is 0.416 e. The number of hydrogen-bond donors (Lipinski definition) is 0. The van der Waals surface area contributed by atoms with Gasteiger partial charge in [0.05, 0.1) is 5.56 Å². The summed E-state index contributed by atoms with van der Waals surface area (Å²) in [6.45, 7) is 2.08. The van der Waals surface area contributed by atoms with Crippen molar-refractivity contribution in [1.82, 2.24) is 0 Å². The molecular weight excluding hydrogens is 261 g/mol. The summed E-state index contributed by atoms with van der Waals surface area (Å²) in [5.74, 6) is 0. The zero-order valence-corrected chi connectivity index (χ0v) is 11.0. The van der Waals surface area contributed by atoms with E-state index >= 15 is 0 Å². The van der Waals surface area contributed by atoms with Crippen LogP contribution < -0.4 is 0 Å². The molecule has 0 saturated heterocycles. The SMILES string of the molecule is CCc1ccc2c(ccc3cc(C(F)(F)F)ccc32)c1. The van der Waals surface area contributed by atoms with Crippen molar-refractivity contribution in [2.75, 3.05) is 0 Å². The Morgan fingerprint density at radius 2 is 1.40 bits per heavy atom.